The van der Waals surface area contributed by atoms with Crippen LogP contribution in [0.15, 0.2) is 81.8 Å². The molecule has 2 heterocycles. The third-order valence-corrected chi connectivity index (χ3v) is 5.33. The van der Waals surface area contributed by atoms with Crippen molar-refractivity contribution >= 4 is 34.3 Å². The Balaban J connectivity index is 1.64. The first kappa shape index (κ1) is 18.5. The highest BCUT2D eigenvalue weighted by molar-refractivity contribution is 7.98. The van der Waals surface area contributed by atoms with Gasteiger partial charge in [0.15, 0.2) is 10.9 Å². The van der Waals surface area contributed by atoms with Crippen LogP contribution in [0.25, 0.3) is 22.2 Å². The molecule has 0 atom stereocenters. The number of aromatic nitrogens is 3. The van der Waals surface area contributed by atoms with Crippen LogP contribution in [-0.2, 0) is 12.3 Å². The smallest absolute Gasteiger partial charge is 0.262 e. The second-order valence-corrected chi connectivity index (χ2v) is 7.41. The molecule has 28 heavy (non-hydrogen) atoms. The van der Waals surface area contributed by atoms with Crippen molar-refractivity contribution in [1.82, 2.24) is 14.5 Å². The Morgan fingerprint density at radius 3 is 2.82 bits per heavy atom. The van der Waals surface area contributed by atoms with Crippen LogP contribution in [-0.4, -0.2) is 14.5 Å². The molecule has 4 aromatic rings. The van der Waals surface area contributed by atoms with Gasteiger partial charge in [0.25, 0.3) is 5.56 Å². The monoisotopic (exact) mass is 409 g/mol. The Morgan fingerprint density at radius 1 is 1.21 bits per heavy atom. The Kier molecular flexibility index (Phi) is 5.32. The van der Waals surface area contributed by atoms with Gasteiger partial charge in [-0.05, 0) is 18.2 Å². The van der Waals surface area contributed by atoms with Crippen molar-refractivity contribution in [3.8, 4) is 11.3 Å². The Morgan fingerprint density at radius 2 is 2.04 bits per heavy atom. The lowest BCUT2D eigenvalue weighted by Gasteiger charge is -2.10. The van der Waals surface area contributed by atoms with E-state index in [0.29, 0.717) is 45.0 Å². The van der Waals surface area contributed by atoms with Crippen molar-refractivity contribution in [2.24, 2.45) is 0 Å². The third-order valence-electron chi connectivity index (χ3n) is 4.13. The number of hydrogen-bond donors (Lipinski definition) is 0. The van der Waals surface area contributed by atoms with E-state index in [1.807, 2.05) is 30.3 Å². The molecule has 7 heteroatoms. The first-order chi connectivity index (χ1) is 13.7. The summed E-state index contributed by atoms with van der Waals surface area (Å²) in [5.74, 6) is 1.72. The number of halogens is 1. The van der Waals surface area contributed by atoms with Crippen LogP contribution in [0.4, 0.5) is 0 Å². The first-order valence-electron chi connectivity index (χ1n) is 8.59. The summed E-state index contributed by atoms with van der Waals surface area (Å²) in [5.41, 5.74) is 1.41. The molecule has 0 fully saturated rings. The minimum atomic E-state index is -0.124. The molecule has 0 aliphatic rings. The predicted molar refractivity (Wildman–Crippen MR) is 113 cm³/mol. The van der Waals surface area contributed by atoms with Gasteiger partial charge in [-0.1, -0.05) is 59.8 Å². The van der Waals surface area contributed by atoms with Crippen molar-refractivity contribution in [2.45, 2.75) is 17.5 Å². The number of benzene rings is 2. The SMILES string of the molecule is C=CCn1c(SCc2ncc(-c3ccccc3)o2)nc2cc(Cl)ccc2c1=O. The van der Waals surface area contributed by atoms with Gasteiger partial charge in [-0.15, -0.1) is 6.58 Å². The summed E-state index contributed by atoms with van der Waals surface area (Å²) in [5, 5.41) is 1.63. The molecule has 2 aromatic heterocycles. The molecule has 0 amide bonds. The highest BCUT2D eigenvalue weighted by Crippen LogP contribution is 2.26. The number of rotatable bonds is 6. The van der Waals surface area contributed by atoms with E-state index in [2.05, 4.69) is 16.5 Å². The summed E-state index contributed by atoms with van der Waals surface area (Å²) in [7, 11) is 0. The van der Waals surface area contributed by atoms with Crippen LogP contribution >= 0.6 is 23.4 Å². The molecule has 0 aliphatic heterocycles. The van der Waals surface area contributed by atoms with E-state index >= 15 is 0 Å². The summed E-state index contributed by atoms with van der Waals surface area (Å²) >= 11 is 7.45. The highest BCUT2D eigenvalue weighted by Gasteiger charge is 2.13. The molecule has 0 aliphatic carbocycles. The zero-order chi connectivity index (χ0) is 19.5. The van der Waals surface area contributed by atoms with Gasteiger partial charge in [0.2, 0.25) is 5.89 Å². The van der Waals surface area contributed by atoms with Crippen LogP contribution in [0.3, 0.4) is 0 Å². The average molecular weight is 410 g/mol. The maximum atomic E-state index is 12.8. The fourth-order valence-electron chi connectivity index (χ4n) is 2.81. The lowest BCUT2D eigenvalue weighted by Crippen LogP contribution is -2.22. The first-order valence-corrected chi connectivity index (χ1v) is 9.96. The van der Waals surface area contributed by atoms with Crippen LogP contribution in [0.1, 0.15) is 5.89 Å². The molecule has 140 valence electrons. The van der Waals surface area contributed by atoms with Gasteiger partial charge < -0.3 is 4.42 Å². The number of thioether (sulfide) groups is 1. The van der Waals surface area contributed by atoms with E-state index in [-0.39, 0.29) is 5.56 Å². The van der Waals surface area contributed by atoms with Gasteiger partial charge >= 0.3 is 0 Å². The molecule has 0 N–H and O–H groups in total. The van der Waals surface area contributed by atoms with Gasteiger partial charge in [-0.2, -0.15) is 0 Å². The number of hydrogen-bond acceptors (Lipinski definition) is 5. The molecule has 0 unspecified atom stereocenters. The normalized spacial score (nSPS) is 11.0. The summed E-state index contributed by atoms with van der Waals surface area (Å²) in [6, 6.07) is 14.9. The number of fused-ring (bicyclic) bond motifs is 1. The van der Waals surface area contributed by atoms with Crippen molar-refractivity contribution in [1.29, 1.82) is 0 Å². The van der Waals surface area contributed by atoms with E-state index < -0.39 is 0 Å². The Bertz CT molecular complexity index is 1200. The summed E-state index contributed by atoms with van der Waals surface area (Å²) in [6.07, 6.45) is 3.38. The quantitative estimate of drug-likeness (QED) is 0.249. The maximum Gasteiger partial charge on any atom is 0.262 e. The highest BCUT2D eigenvalue weighted by atomic mass is 35.5. The lowest BCUT2D eigenvalue weighted by atomic mass is 10.2. The fraction of sp³-hybridized carbons (Fsp3) is 0.0952. The van der Waals surface area contributed by atoms with Crippen LogP contribution in [0, 0.1) is 0 Å². The third kappa shape index (κ3) is 3.74. The number of oxazole rings is 1. The van der Waals surface area contributed by atoms with Gasteiger partial charge in [-0.25, -0.2) is 9.97 Å². The molecule has 4 rings (SSSR count). The Hall–Kier alpha value is -2.83. The Labute approximate surface area is 170 Å². The molecule has 5 nitrogen and oxygen atoms in total. The van der Waals surface area contributed by atoms with E-state index in [0.717, 1.165) is 5.56 Å². The second kappa shape index (κ2) is 8.04. The maximum absolute atomic E-state index is 12.8. The molecule has 0 radical (unpaired) electrons. The number of nitrogens with zero attached hydrogens (tertiary/aromatic N) is 3. The largest absolute Gasteiger partial charge is 0.440 e. The number of allylic oxidation sites excluding steroid dienone is 1. The topological polar surface area (TPSA) is 60.9 Å². The van der Waals surface area contributed by atoms with E-state index in [9.17, 15) is 4.79 Å². The summed E-state index contributed by atoms with van der Waals surface area (Å²) in [6.45, 7) is 4.11. The molecular weight excluding hydrogens is 394 g/mol. The van der Waals surface area contributed by atoms with E-state index in [1.54, 1.807) is 35.0 Å². The van der Waals surface area contributed by atoms with Gasteiger partial charge in [0.1, 0.15) is 0 Å². The average Bonchev–Trinajstić information content (AvgIpc) is 3.18. The summed E-state index contributed by atoms with van der Waals surface area (Å²) < 4.78 is 7.43. The predicted octanol–water partition coefficient (Wildman–Crippen LogP) is 5.18. The molecule has 0 bridgehead atoms. The van der Waals surface area contributed by atoms with Gasteiger partial charge in [0, 0.05) is 17.1 Å². The van der Waals surface area contributed by atoms with Crippen LogP contribution < -0.4 is 5.56 Å². The van der Waals surface area contributed by atoms with Crippen molar-refractivity contribution in [2.75, 3.05) is 0 Å². The van der Waals surface area contributed by atoms with E-state index in [1.165, 1.54) is 11.8 Å². The molecule has 0 saturated carbocycles. The van der Waals surface area contributed by atoms with Gasteiger partial charge in [0.05, 0.1) is 22.9 Å². The van der Waals surface area contributed by atoms with Crippen molar-refractivity contribution < 1.29 is 4.42 Å². The minimum absolute atomic E-state index is 0.124. The molecule has 2 aromatic carbocycles. The van der Waals surface area contributed by atoms with Crippen molar-refractivity contribution in [3.05, 3.63) is 88.6 Å². The van der Waals surface area contributed by atoms with Crippen LogP contribution in [0.2, 0.25) is 5.02 Å². The van der Waals surface area contributed by atoms with Crippen molar-refractivity contribution in [3.63, 3.8) is 0 Å². The zero-order valence-corrected chi connectivity index (χ0v) is 16.4. The van der Waals surface area contributed by atoms with E-state index in [4.69, 9.17) is 16.0 Å². The van der Waals surface area contributed by atoms with Crippen LogP contribution in [0.5, 0.6) is 0 Å². The standard InChI is InChI=1S/C21H16ClN3O2S/c1-2-10-25-20(26)16-9-8-15(22)11-17(16)24-21(25)28-13-19-23-12-18(27-19)14-6-4-3-5-7-14/h2-9,11-12H,1,10,13H2. The summed E-state index contributed by atoms with van der Waals surface area (Å²) in [4.78, 5) is 21.8. The molecular formula is C21H16ClN3O2S. The fourth-order valence-corrected chi connectivity index (χ4v) is 3.84. The molecule has 0 spiro atoms. The zero-order valence-electron chi connectivity index (χ0n) is 14.8. The minimum Gasteiger partial charge on any atom is -0.440 e. The lowest BCUT2D eigenvalue weighted by molar-refractivity contribution is 0.529. The molecule has 0 saturated heterocycles. The second-order valence-electron chi connectivity index (χ2n) is 6.03. The van der Waals surface area contributed by atoms with Gasteiger partial charge in [-0.3, -0.25) is 9.36 Å².